The third-order valence-corrected chi connectivity index (χ3v) is 3.26. The quantitative estimate of drug-likeness (QED) is 0.693. The molecule has 1 N–H and O–H groups in total. The van der Waals surface area contributed by atoms with Gasteiger partial charge in [0.1, 0.15) is 10.8 Å². The minimum absolute atomic E-state index is 0.174. The van der Waals surface area contributed by atoms with E-state index < -0.39 is 27.8 Å². The summed E-state index contributed by atoms with van der Waals surface area (Å²) in [5, 5.41) is 8.04. The van der Waals surface area contributed by atoms with Gasteiger partial charge < -0.3 is 5.11 Å². The smallest absolute Gasteiger partial charge is 0.316 e. The summed E-state index contributed by atoms with van der Waals surface area (Å²) in [5.74, 6) is -1.38. The SMILES string of the molecule is O=C(O)CS(=O)C1=NC(=O)SC1. The second kappa shape index (κ2) is 3.81. The van der Waals surface area contributed by atoms with Crippen molar-refractivity contribution in [3.63, 3.8) is 0 Å². The van der Waals surface area contributed by atoms with Crippen LogP contribution >= 0.6 is 11.8 Å². The zero-order chi connectivity index (χ0) is 9.14. The highest BCUT2D eigenvalue weighted by atomic mass is 32.2. The lowest BCUT2D eigenvalue weighted by Crippen LogP contribution is -2.17. The van der Waals surface area contributed by atoms with E-state index in [1.54, 1.807) is 0 Å². The van der Waals surface area contributed by atoms with Gasteiger partial charge in [-0.05, 0) is 0 Å². The van der Waals surface area contributed by atoms with Crippen LogP contribution in [0.25, 0.3) is 0 Å². The summed E-state index contributed by atoms with van der Waals surface area (Å²) < 4.78 is 11.0. The topological polar surface area (TPSA) is 83.8 Å². The number of aliphatic imine (C=N–C) groups is 1. The van der Waals surface area contributed by atoms with Crippen molar-refractivity contribution in [1.29, 1.82) is 0 Å². The summed E-state index contributed by atoms with van der Waals surface area (Å²) in [6.07, 6.45) is 0. The van der Waals surface area contributed by atoms with Gasteiger partial charge in [0.25, 0.3) is 0 Å². The van der Waals surface area contributed by atoms with Crippen LogP contribution in [0.4, 0.5) is 4.79 Å². The third kappa shape index (κ3) is 2.42. The number of carboxylic acids is 1. The molecule has 12 heavy (non-hydrogen) atoms. The van der Waals surface area contributed by atoms with Gasteiger partial charge in [0.2, 0.25) is 0 Å². The van der Waals surface area contributed by atoms with Crippen molar-refractivity contribution in [2.45, 2.75) is 0 Å². The van der Waals surface area contributed by atoms with Gasteiger partial charge in [-0.15, -0.1) is 0 Å². The molecule has 1 heterocycles. The number of carbonyl (C=O) groups is 2. The standard InChI is InChI=1S/C5H5NO4S2/c7-4(8)2-12(10)3-1-11-5(9)6-3/h1-2H2,(H,7,8). The zero-order valence-electron chi connectivity index (χ0n) is 5.85. The molecule has 66 valence electrons. The molecule has 0 aromatic heterocycles. The Balaban J connectivity index is 2.59. The lowest BCUT2D eigenvalue weighted by Gasteiger charge is -1.93. The molecule has 5 nitrogen and oxygen atoms in total. The van der Waals surface area contributed by atoms with Crippen molar-refractivity contribution in [2.75, 3.05) is 11.5 Å². The van der Waals surface area contributed by atoms with Gasteiger partial charge in [0, 0.05) is 0 Å². The first-order chi connectivity index (χ1) is 5.59. The normalized spacial score (nSPS) is 19.0. The van der Waals surface area contributed by atoms with Crippen LogP contribution in [-0.4, -0.2) is 37.1 Å². The van der Waals surface area contributed by atoms with Gasteiger partial charge in [-0.25, -0.2) is 0 Å². The summed E-state index contributed by atoms with van der Waals surface area (Å²) >= 11 is 0.932. The molecule has 0 radical (unpaired) electrons. The van der Waals surface area contributed by atoms with Crippen LogP contribution in [0.3, 0.4) is 0 Å². The second-order valence-electron chi connectivity index (χ2n) is 1.94. The molecule has 1 unspecified atom stereocenters. The van der Waals surface area contributed by atoms with Gasteiger partial charge in [-0.1, -0.05) is 11.8 Å². The Hall–Kier alpha value is -0.690. The first-order valence-electron chi connectivity index (χ1n) is 2.94. The highest BCUT2D eigenvalue weighted by Crippen LogP contribution is 2.15. The molecule has 7 heteroatoms. The van der Waals surface area contributed by atoms with E-state index in [-0.39, 0.29) is 10.8 Å². The Labute approximate surface area is 74.7 Å². The molecule has 1 aliphatic heterocycles. The van der Waals surface area contributed by atoms with Crippen molar-refractivity contribution >= 4 is 38.8 Å². The zero-order valence-corrected chi connectivity index (χ0v) is 7.48. The van der Waals surface area contributed by atoms with Crippen molar-refractivity contribution in [3.05, 3.63) is 0 Å². The molecule has 1 rings (SSSR count). The van der Waals surface area contributed by atoms with E-state index >= 15 is 0 Å². The first-order valence-corrected chi connectivity index (χ1v) is 5.24. The van der Waals surface area contributed by atoms with Crippen LogP contribution in [0.5, 0.6) is 0 Å². The van der Waals surface area contributed by atoms with E-state index in [2.05, 4.69) is 4.99 Å². The van der Waals surface area contributed by atoms with Crippen LogP contribution in [0, 0.1) is 0 Å². The first kappa shape index (κ1) is 9.40. The molecule has 0 bridgehead atoms. The fourth-order valence-corrected chi connectivity index (χ4v) is 2.42. The van der Waals surface area contributed by atoms with E-state index in [9.17, 15) is 13.8 Å². The van der Waals surface area contributed by atoms with Gasteiger partial charge in [0.15, 0.2) is 0 Å². The number of thioether (sulfide) groups is 1. The van der Waals surface area contributed by atoms with Gasteiger partial charge >= 0.3 is 11.2 Å². The Morgan fingerprint density at radius 3 is 2.83 bits per heavy atom. The van der Waals surface area contributed by atoms with Crippen LogP contribution in [-0.2, 0) is 15.6 Å². The number of nitrogens with zero attached hydrogens (tertiary/aromatic N) is 1. The Morgan fingerprint density at radius 2 is 2.42 bits per heavy atom. The number of carboxylic acid groups (broad SMARTS) is 1. The number of hydrogen-bond acceptors (Lipinski definition) is 4. The molecule has 0 saturated heterocycles. The Kier molecular flexibility index (Phi) is 2.99. The van der Waals surface area contributed by atoms with Crippen LogP contribution in [0.1, 0.15) is 0 Å². The maximum atomic E-state index is 11.0. The summed E-state index contributed by atoms with van der Waals surface area (Å²) in [6.45, 7) is 0. The lowest BCUT2D eigenvalue weighted by molar-refractivity contribution is -0.133. The fourth-order valence-electron chi connectivity index (χ4n) is 0.602. The average Bonchev–Trinajstić information content (AvgIpc) is 2.34. The maximum Gasteiger partial charge on any atom is 0.316 e. The Morgan fingerprint density at radius 1 is 1.75 bits per heavy atom. The van der Waals surface area contributed by atoms with E-state index in [1.165, 1.54) is 0 Å². The number of amides is 1. The highest BCUT2D eigenvalue weighted by molar-refractivity contribution is 8.17. The largest absolute Gasteiger partial charge is 0.481 e. The van der Waals surface area contributed by atoms with Crippen molar-refractivity contribution in [3.8, 4) is 0 Å². The fraction of sp³-hybridized carbons (Fsp3) is 0.400. The molecule has 1 atom stereocenters. The molecule has 0 aromatic rings. The van der Waals surface area contributed by atoms with E-state index in [1.807, 2.05) is 0 Å². The molecular weight excluding hydrogens is 202 g/mol. The maximum absolute atomic E-state index is 11.0. The molecule has 0 fully saturated rings. The molecule has 1 aliphatic rings. The summed E-state index contributed by atoms with van der Waals surface area (Å²) in [7, 11) is -1.64. The number of aliphatic carboxylic acids is 1. The van der Waals surface area contributed by atoms with Crippen molar-refractivity contribution in [1.82, 2.24) is 0 Å². The number of carbonyl (C=O) groups excluding carboxylic acids is 1. The van der Waals surface area contributed by atoms with Crippen molar-refractivity contribution < 1.29 is 18.9 Å². The average molecular weight is 207 g/mol. The highest BCUT2D eigenvalue weighted by Gasteiger charge is 2.21. The summed E-state index contributed by atoms with van der Waals surface area (Å²) in [6, 6.07) is 0. The summed E-state index contributed by atoms with van der Waals surface area (Å²) in [4.78, 5) is 24.1. The van der Waals surface area contributed by atoms with Crippen LogP contribution < -0.4 is 0 Å². The molecule has 0 aliphatic carbocycles. The minimum atomic E-state index is -1.64. The lowest BCUT2D eigenvalue weighted by atomic mass is 10.8. The molecule has 0 aromatic carbocycles. The van der Waals surface area contributed by atoms with Gasteiger partial charge in [0.05, 0.1) is 16.6 Å². The van der Waals surface area contributed by atoms with E-state index in [4.69, 9.17) is 5.11 Å². The minimum Gasteiger partial charge on any atom is -0.481 e. The second-order valence-corrected chi connectivity index (χ2v) is 4.32. The predicted molar refractivity (Wildman–Crippen MR) is 45.9 cm³/mol. The molecule has 0 saturated carbocycles. The number of rotatable bonds is 2. The van der Waals surface area contributed by atoms with Gasteiger partial charge in [-0.3, -0.25) is 13.8 Å². The molecule has 0 spiro atoms. The van der Waals surface area contributed by atoms with Crippen LogP contribution in [0.15, 0.2) is 4.99 Å². The van der Waals surface area contributed by atoms with E-state index in [0.717, 1.165) is 11.8 Å². The predicted octanol–water partition coefficient (Wildman–Crippen LogP) is 0.0850. The van der Waals surface area contributed by atoms with Crippen molar-refractivity contribution in [2.24, 2.45) is 4.99 Å². The summed E-state index contributed by atoms with van der Waals surface area (Å²) in [5.41, 5.74) is 0. The third-order valence-electron chi connectivity index (χ3n) is 1.05. The van der Waals surface area contributed by atoms with Gasteiger partial charge in [-0.2, -0.15) is 4.99 Å². The monoisotopic (exact) mass is 207 g/mol. The molecule has 1 amide bonds. The number of hydrogen-bond donors (Lipinski definition) is 1. The van der Waals surface area contributed by atoms with Crippen LogP contribution in [0.2, 0.25) is 0 Å². The molecular formula is C5H5NO4S2. The van der Waals surface area contributed by atoms with E-state index in [0.29, 0.717) is 0 Å². The Bertz CT molecular complexity index is 285.